The van der Waals surface area contributed by atoms with Crippen molar-refractivity contribution in [3.63, 3.8) is 0 Å². The largest absolute Gasteiger partial charge is 0.506 e. The summed E-state index contributed by atoms with van der Waals surface area (Å²) in [6.45, 7) is 0. The first-order chi connectivity index (χ1) is 8.58. The number of carbonyl (C=O) groups excluding carboxylic acids is 1. The Morgan fingerprint density at radius 3 is 2.61 bits per heavy atom. The lowest BCUT2D eigenvalue weighted by atomic mass is 10.3. The number of rotatable bonds is 3. The van der Waals surface area contributed by atoms with Crippen LogP contribution in [-0.2, 0) is 0 Å². The molecule has 0 bridgehead atoms. The molecule has 7 heteroatoms. The maximum atomic E-state index is 10.8. The van der Waals surface area contributed by atoms with Crippen molar-refractivity contribution < 1.29 is 14.6 Å². The predicted molar refractivity (Wildman–Crippen MR) is 63.1 cm³/mol. The molecule has 0 aliphatic rings. The highest BCUT2D eigenvalue weighted by atomic mass is 16.5. The van der Waals surface area contributed by atoms with Crippen LogP contribution in [0.4, 0.5) is 5.69 Å². The first kappa shape index (κ1) is 11.6. The average Bonchev–Trinajstić information content (AvgIpc) is 2.36. The number of aromatic nitrogens is 2. The molecule has 0 unspecified atom stereocenters. The van der Waals surface area contributed by atoms with Gasteiger partial charge in [0, 0.05) is 6.07 Å². The normalized spacial score (nSPS) is 10.0. The second kappa shape index (κ2) is 4.58. The number of phenols is 1. The van der Waals surface area contributed by atoms with Gasteiger partial charge in [-0.05, 0) is 18.2 Å². The Balaban J connectivity index is 2.24. The third-order valence-electron chi connectivity index (χ3n) is 2.15. The number of nitrogens with zero attached hydrogens (tertiary/aromatic N) is 2. The first-order valence-corrected chi connectivity index (χ1v) is 4.97. The fourth-order valence-corrected chi connectivity index (χ4v) is 1.24. The maximum absolute atomic E-state index is 10.8. The number of para-hydroxylation sites is 1. The second-order valence-corrected chi connectivity index (χ2v) is 3.41. The average molecular weight is 246 g/mol. The Labute approximate surface area is 102 Å². The third kappa shape index (κ3) is 2.29. The molecule has 1 aromatic heterocycles. The smallest absolute Gasteiger partial charge is 0.269 e. The van der Waals surface area contributed by atoms with E-state index in [4.69, 9.17) is 16.2 Å². The number of amides is 1. The minimum Gasteiger partial charge on any atom is -0.506 e. The summed E-state index contributed by atoms with van der Waals surface area (Å²) in [5.41, 5.74) is 10.8. The standard InChI is InChI=1S/C11H10N4O3/c12-10-7(16)2-1-3-8(10)18-9-5-4-6(11(13)17)14-15-9/h1-5,16H,12H2,(H2,13,17). The van der Waals surface area contributed by atoms with Crippen LogP contribution in [0.2, 0.25) is 0 Å². The van der Waals surface area contributed by atoms with Crippen LogP contribution in [0.3, 0.4) is 0 Å². The second-order valence-electron chi connectivity index (χ2n) is 3.41. The Bertz CT molecular complexity index is 583. The molecule has 0 aliphatic heterocycles. The van der Waals surface area contributed by atoms with Gasteiger partial charge in [0.15, 0.2) is 11.4 Å². The number of aromatic hydroxyl groups is 1. The molecule has 92 valence electrons. The van der Waals surface area contributed by atoms with Gasteiger partial charge in [-0.1, -0.05) is 6.07 Å². The minimum atomic E-state index is -0.675. The number of anilines is 1. The molecule has 1 heterocycles. The van der Waals surface area contributed by atoms with Gasteiger partial charge in [0.1, 0.15) is 11.4 Å². The monoisotopic (exact) mass is 246 g/mol. The zero-order chi connectivity index (χ0) is 13.1. The van der Waals surface area contributed by atoms with E-state index < -0.39 is 5.91 Å². The van der Waals surface area contributed by atoms with Crippen LogP contribution in [0.5, 0.6) is 17.4 Å². The van der Waals surface area contributed by atoms with Gasteiger partial charge in [-0.2, -0.15) is 0 Å². The van der Waals surface area contributed by atoms with Crippen molar-refractivity contribution in [2.45, 2.75) is 0 Å². The Hall–Kier alpha value is -2.83. The number of benzene rings is 1. The molecule has 0 radical (unpaired) electrons. The van der Waals surface area contributed by atoms with E-state index in [-0.39, 0.29) is 28.8 Å². The van der Waals surface area contributed by atoms with Crippen LogP contribution in [-0.4, -0.2) is 21.2 Å². The number of carbonyl (C=O) groups is 1. The predicted octanol–water partition coefficient (Wildman–Crippen LogP) is 0.656. The van der Waals surface area contributed by atoms with E-state index in [9.17, 15) is 9.90 Å². The first-order valence-electron chi connectivity index (χ1n) is 4.97. The zero-order valence-corrected chi connectivity index (χ0v) is 9.20. The van der Waals surface area contributed by atoms with Gasteiger partial charge in [-0.15, -0.1) is 10.2 Å². The molecule has 0 aliphatic carbocycles. The molecule has 7 nitrogen and oxygen atoms in total. The summed E-state index contributed by atoms with van der Waals surface area (Å²) in [5, 5.41) is 16.6. The lowest BCUT2D eigenvalue weighted by Crippen LogP contribution is -2.13. The van der Waals surface area contributed by atoms with E-state index in [2.05, 4.69) is 10.2 Å². The van der Waals surface area contributed by atoms with Gasteiger partial charge in [0.2, 0.25) is 5.88 Å². The van der Waals surface area contributed by atoms with Crippen molar-refractivity contribution in [3.8, 4) is 17.4 Å². The van der Waals surface area contributed by atoms with Crippen molar-refractivity contribution in [2.24, 2.45) is 5.73 Å². The van der Waals surface area contributed by atoms with Crippen LogP contribution in [0.25, 0.3) is 0 Å². The summed E-state index contributed by atoms with van der Waals surface area (Å²) in [4.78, 5) is 10.8. The molecule has 2 aromatic rings. The van der Waals surface area contributed by atoms with Gasteiger partial charge in [0.05, 0.1) is 0 Å². The molecule has 18 heavy (non-hydrogen) atoms. The van der Waals surface area contributed by atoms with Crippen molar-refractivity contribution in [1.82, 2.24) is 10.2 Å². The molecule has 0 saturated carbocycles. The van der Waals surface area contributed by atoms with Crippen molar-refractivity contribution >= 4 is 11.6 Å². The van der Waals surface area contributed by atoms with E-state index in [1.165, 1.54) is 18.2 Å². The lowest BCUT2D eigenvalue weighted by Gasteiger charge is -2.07. The Morgan fingerprint density at radius 1 is 1.22 bits per heavy atom. The highest BCUT2D eigenvalue weighted by Crippen LogP contribution is 2.32. The van der Waals surface area contributed by atoms with E-state index in [0.29, 0.717) is 0 Å². The van der Waals surface area contributed by atoms with Gasteiger partial charge < -0.3 is 21.3 Å². The topological polar surface area (TPSA) is 124 Å². The molecule has 2 rings (SSSR count). The van der Waals surface area contributed by atoms with Crippen molar-refractivity contribution in [3.05, 3.63) is 36.0 Å². The quantitative estimate of drug-likeness (QED) is 0.539. The van der Waals surface area contributed by atoms with Gasteiger partial charge in [-0.25, -0.2) is 0 Å². The van der Waals surface area contributed by atoms with Crippen LogP contribution < -0.4 is 16.2 Å². The lowest BCUT2D eigenvalue weighted by molar-refractivity contribution is 0.0994. The third-order valence-corrected chi connectivity index (χ3v) is 2.15. The van der Waals surface area contributed by atoms with Gasteiger partial charge in [0.25, 0.3) is 5.91 Å². The summed E-state index contributed by atoms with van der Waals surface area (Å²) >= 11 is 0. The molecule has 1 aromatic carbocycles. The van der Waals surface area contributed by atoms with E-state index in [1.54, 1.807) is 12.1 Å². The summed E-state index contributed by atoms with van der Waals surface area (Å²) in [6, 6.07) is 7.38. The summed E-state index contributed by atoms with van der Waals surface area (Å²) in [7, 11) is 0. The molecule has 0 fully saturated rings. The number of hydrogen-bond donors (Lipinski definition) is 3. The Morgan fingerprint density at radius 2 is 2.00 bits per heavy atom. The molecule has 0 atom stereocenters. The zero-order valence-electron chi connectivity index (χ0n) is 9.20. The minimum absolute atomic E-state index is 0.0335. The number of ether oxygens (including phenoxy) is 1. The van der Waals surface area contributed by atoms with E-state index >= 15 is 0 Å². The van der Waals surface area contributed by atoms with E-state index in [1.807, 2.05) is 0 Å². The molecule has 0 saturated heterocycles. The summed E-state index contributed by atoms with van der Waals surface area (Å²) < 4.78 is 5.31. The van der Waals surface area contributed by atoms with Crippen LogP contribution in [0, 0.1) is 0 Å². The summed E-state index contributed by atoms with van der Waals surface area (Å²) in [5.74, 6) is -0.381. The molecule has 1 amide bonds. The van der Waals surface area contributed by atoms with E-state index in [0.717, 1.165) is 0 Å². The van der Waals surface area contributed by atoms with Crippen LogP contribution >= 0.6 is 0 Å². The highest BCUT2D eigenvalue weighted by Gasteiger charge is 2.08. The number of primary amides is 1. The number of phenolic OH excluding ortho intramolecular Hbond substituents is 1. The summed E-state index contributed by atoms with van der Waals surface area (Å²) in [6.07, 6.45) is 0. The molecular weight excluding hydrogens is 236 g/mol. The van der Waals surface area contributed by atoms with Gasteiger partial charge in [-0.3, -0.25) is 4.79 Å². The molecule has 0 spiro atoms. The molecule has 5 N–H and O–H groups in total. The Kier molecular flexibility index (Phi) is 2.96. The van der Waals surface area contributed by atoms with Gasteiger partial charge >= 0.3 is 0 Å². The van der Waals surface area contributed by atoms with Crippen LogP contribution in [0.15, 0.2) is 30.3 Å². The highest BCUT2D eigenvalue weighted by molar-refractivity contribution is 5.90. The van der Waals surface area contributed by atoms with Crippen molar-refractivity contribution in [1.29, 1.82) is 0 Å². The number of hydrogen-bond acceptors (Lipinski definition) is 6. The number of nitrogen functional groups attached to an aromatic ring is 1. The van der Waals surface area contributed by atoms with Crippen molar-refractivity contribution in [2.75, 3.05) is 5.73 Å². The fraction of sp³-hybridized carbons (Fsp3) is 0. The van der Waals surface area contributed by atoms with Crippen LogP contribution in [0.1, 0.15) is 10.5 Å². The molecular formula is C11H10N4O3. The number of nitrogens with two attached hydrogens (primary N) is 2. The maximum Gasteiger partial charge on any atom is 0.269 e. The fourth-order valence-electron chi connectivity index (χ4n) is 1.24. The SMILES string of the molecule is NC(=O)c1ccc(Oc2cccc(O)c2N)nn1.